The van der Waals surface area contributed by atoms with E-state index in [-0.39, 0.29) is 12.4 Å². The summed E-state index contributed by atoms with van der Waals surface area (Å²) in [4.78, 5) is 8.38. The predicted octanol–water partition coefficient (Wildman–Crippen LogP) is 5.37. The molecule has 0 bridgehead atoms. The zero-order valence-electron chi connectivity index (χ0n) is 13.8. The van der Waals surface area contributed by atoms with E-state index in [4.69, 9.17) is 8.42 Å². The van der Waals surface area contributed by atoms with E-state index in [1.54, 1.807) is 12.3 Å². The quantitative estimate of drug-likeness (QED) is 0.500. The van der Waals surface area contributed by atoms with Crippen molar-refractivity contribution in [1.82, 2.24) is 9.97 Å². The summed E-state index contributed by atoms with van der Waals surface area (Å²) in [7, 11) is 4.81. The van der Waals surface area contributed by atoms with Gasteiger partial charge in [0.2, 0.25) is 5.95 Å². The van der Waals surface area contributed by atoms with E-state index in [0.717, 1.165) is 17.8 Å². The van der Waals surface area contributed by atoms with Gasteiger partial charge in [0.05, 0.1) is 0 Å². The molecule has 6 nitrogen and oxygen atoms in total. The Hall–Kier alpha value is -2.20. The summed E-state index contributed by atoms with van der Waals surface area (Å²) in [5, 5.41) is 5.95. The molecule has 0 saturated carbocycles. The van der Waals surface area contributed by atoms with Gasteiger partial charge in [0.1, 0.15) is 5.82 Å². The summed E-state index contributed by atoms with van der Waals surface area (Å²) in [6.45, 7) is 0. The molecule has 0 atom stereocenters. The van der Waals surface area contributed by atoms with Gasteiger partial charge in [-0.15, -0.1) is 12.4 Å². The largest absolute Gasteiger partial charge is 0.340 e. The normalized spacial score (nSPS) is 10.1. The van der Waals surface area contributed by atoms with Crippen LogP contribution in [0.3, 0.4) is 0 Å². The first kappa shape index (κ1) is 23.8. The summed E-state index contributed by atoms with van der Waals surface area (Å²) in [5.74, 6) is -0.931. The number of anilines is 4. The van der Waals surface area contributed by atoms with Gasteiger partial charge in [-0.3, -0.25) is 0 Å². The van der Waals surface area contributed by atoms with Crippen LogP contribution in [0.4, 0.5) is 31.9 Å². The monoisotopic (exact) mass is 468 g/mol. The van der Waals surface area contributed by atoms with E-state index in [2.05, 4.69) is 42.0 Å². The molecule has 2 aromatic carbocycles. The van der Waals surface area contributed by atoms with Crippen molar-refractivity contribution in [2.45, 2.75) is 0 Å². The Balaban J connectivity index is 0.000000584. The van der Waals surface area contributed by atoms with Gasteiger partial charge in [0, 0.05) is 45.0 Å². The number of nitrogens with zero attached hydrogens (tertiary/aromatic N) is 2. The minimum atomic E-state index is -3.72. The zero-order chi connectivity index (χ0) is 19.9. The standard InChI is InChI=1S/C16H12F2N4.Cl2O2S.ClH/c17-13-7-6-12(10-14(13)18)20-15-8-9-19-16(22-15)21-11-4-2-1-3-5-11;1-5(2,3)4;/h1-10H,(H2,19,20,21,22);;1H. The third-order valence-corrected chi connectivity index (χ3v) is 2.88. The number of nitrogens with one attached hydrogen (secondary N) is 2. The minimum absolute atomic E-state index is 0. The molecule has 0 spiro atoms. The Labute approximate surface area is 175 Å². The van der Waals surface area contributed by atoms with E-state index in [0.29, 0.717) is 17.5 Å². The van der Waals surface area contributed by atoms with Crippen LogP contribution in [0.2, 0.25) is 0 Å². The van der Waals surface area contributed by atoms with E-state index >= 15 is 0 Å². The second-order valence-electron chi connectivity index (χ2n) is 4.89. The fraction of sp³-hybridized carbons (Fsp3) is 0. The summed E-state index contributed by atoms with van der Waals surface area (Å²) in [6, 6.07) is 14.7. The highest BCUT2D eigenvalue weighted by atomic mass is 36.0. The number of hydrogen-bond donors (Lipinski definition) is 2. The highest BCUT2D eigenvalue weighted by Gasteiger charge is 2.04. The lowest BCUT2D eigenvalue weighted by molar-refractivity contribution is 0.509. The highest BCUT2D eigenvalue weighted by molar-refractivity contribution is 8.31. The first-order chi connectivity index (χ1) is 12.7. The smallest absolute Gasteiger partial charge is 0.317 e. The molecule has 0 aliphatic heterocycles. The van der Waals surface area contributed by atoms with Crippen molar-refractivity contribution in [3.8, 4) is 0 Å². The number of para-hydroxylation sites is 1. The number of halogens is 5. The molecule has 0 unspecified atom stereocenters. The molecule has 12 heteroatoms. The van der Waals surface area contributed by atoms with Gasteiger partial charge in [-0.2, -0.15) is 13.4 Å². The fourth-order valence-electron chi connectivity index (χ4n) is 1.86. The van der Waals surface area contributed by atoms with Gasteiger partial charge in [-0.1, -0.05) is 18.2 Å². The Morgan fingerprint density at radius 3 is 2.11 bits per heavy atom. The number of aromatic nitrogens is 2. The molecule has 2 N–H and O–H groups in total. The first-order valence-electron chi connectivity index (χ1n) is 7.22. The van der Waals surface area contributed by atoms with Crippen LogP contribution in [0.15, 0.2) is 60.8 Å². The van der Waals surface area contributed by atoms with Gasteiger partial charge in [0.25, 0.3) is 0 Å². The number of rotatable bonds is 4. The van der Waals surface area contributed by atoms with Gasteiger partial charge in [-0.05, 0) is 30.3 Å². The summed E-state index contributed by atoms with van der Waals surface area (Å²) >= 11 is 0. The van der Waals surface area contributed by atoms with Gasteiger partial charge >= 0.3 is 8.26 Å². The predicted molar refractivity (Wildman–Crippen MR) is 109 cm³/mol. The van der Waals surface area contributed by atoms with Crippen LogP contribution in [-0.2, 0) is 8.26 Å². The van der Waals surface area contributed by atoms with Crippen molar-refractivity contribution >= 4 is 65.2 Å². The van der Waals surface area contributed by atoms with E-state index in [9.17, 15) is 8.78 Å². The summed E-state index contributed by atoms with van der Waals surface area (Å²) < 4.78 is 44.4. The lowest BCUT2D eigenvalue weighted by atomic mass is 10.3. The number of benzene rings is 2. The third-order valence-electron chi connectivity index (χ3n) is 2.88. The average Bonchev–Trinajstić information content (AvgIpc) is 2.58. The lowest BCUT2D eigenvalue weighted by Crippen LogP contribution is -2.00. The zero-order valence-corrected chi connectivity index (χ0v) is 17.0. The van der Waals surface area contributed by atoms with Crippen LogP contribution >= 0.6 is 33.8 Å². The topological polar surface area (TPSA) is 84.0 Å². The van der Waals surface area contributed by atoms with Crippen LogP contribution in [0, 0.1) is 11.6 Å². The van der Waals surface area contributed by atoms with Crippen molar-refractivity contribution < 1.29 is 17.2 Å². The second kappa shape index (κ2) is 11.0. The molecule has 3 aromatic rings. The number of hydrogen-bond acceptors (Lipinski definition) is 6. The molecule has 0 fully saturated rings. The maximum atomic E-state index is 13.2. The SMILES string of the molecule is Cl.Fc1ccc(Nc2ccnc(Nc3ccccc3)n2)cc1F.O=S(=O)(Cl)Cl. The maximum absolute atomic E-state index is 13.2. The molecule has 0 aliphatic rings. The Morgan fingerprint density at radius 2 is 1.50 bits per heavy atom. The fourth-order valence-corrected chi connectivity index (χ4v) is 1.86. The van der Waals surface area contributed by atoms with E-state index < -0.39 is 19.9 Å². The molecule has 3 rings (SSSR count). The van der Waals surface area contributed by atoms with Gasteiger partial charge in [0.15, 0.2) is 11.6 Å². The van der Waals surface area contributed by atoms with Crippen molar-refractivity contribution in [3.63, 3.8) is 0 Å². The van der Waals surface area contributed by atoms with E-state index in [1.165, 1.54) is 6.07 Å². The third kappa shape index (κ3) is 9.14. The average molecular weight is 470 g/mol. The first-order valence-corrected chi connectivity index (χ1v) is 10.4. The molecule has 1 aromatic heterocycles. The molecule has 1 heterocycles. The molecule has 0 saturated heterocycles. The Kier molecular flexibility index (Phi) is 9.33. The summed E-state index contributed by atoms with van der Waals surface area (Å²) in [6.07, 6.45) is 1.57. The lowest BCUT2D eigenvalue weighted by Gasteiger charge is -2.08. The van der Waals surface area contributed by atoms with Crippen molar-refractivity contribution in [2.24, 2.45) is 0 Å². The highest BCUT2D eigenvalue weighted by Crippen LogP contribution is 2.19. The van der Waals surface area contributed by atoms with Crippen molar-refractivity contribution in [2.75, 3.05) is 10.6 Å². The van der Waals surface area contributed by atoms with Crippen molar-refractivity contribution in [1.29, 1.82) is 0 Å². The Morgan fingerprint density at radius 1 is 0.857 bits per heavy atom. The molecule has 0 aliphatic carbocycles. The second-order valence-corrected chi connectivity index (χ2v) is 8.56. The van der Waals surface area contributed by atoms with Crippen molar-refractivity contribution in [3.05, 3.63) is 72.4 Å². The van der Waals surface area contributed by atoms with Crippen LogP contribution < -0.4 is 10.6 Å². The van der Waals surface area contributed by atoms with Crippen LogP contribution in [-0.4, -0.2) is 18.4 Å². The maximum Gasteiger partial charge on any atom is 0.317 e. The molecule has 28 heavy (non-hydrogen) atoms. The molecule has 0 radical (unpaired) electrons. The van der Waals surface area contributed by atoms with Crippen LogP contribution in [0.5, 0.6) is 0 Å². The molecule has 0 amide bonds. The van der Waals surface area contributed by atoms with Gasteiger partial charge in [-0.25, -0.2) is 13.8 Å². The molecular weight excluding hydrogens is 457 g/mol. The minimum Gasteiger partial charge on any atom is -0.340 e. The van der Waals surface area contributed by atoms with Gasteiger partial charge < -0.3 is 10.6 Å². The molecule has 150 valence electrons. The van der Waals surface area contributed by atoms with Crippen LogP contribution in [0.25, 0.3) is 0 Å². The Bertz CT molecular complexity index is 1000. The summed E-state index contributed by atoms with van der Waals surface area (Å²) in [5.41, 5.74) is 1.26. The van der Waals surface area contributed by atoms with E-state index in [1.807, 2.05) is 30.3 Å². The van der Waals surface area contributed by atoms with Crippen LogP contribution in [0.1, 0.15) is 0 Å². The molecular formula is C16H13Cl3F2N4O2S.